The lowest BCUT2D eigenvalue weighted by Gasteiger charge is -2.24. The Labute approximate surface area is 111 Å². The average molecular weight is 309 g/mol. The molecule has 0 aliphatic heterocycles. The second-order valence-electron chi connectivity index (χ2n) is 4.35. The first kappa shape index (κ1) is 16.5. The van der Waals surface area contributed by atoms with Crippen molar-refractivity contribution in [2.45, 2.75) is 31.8 Å². The maximum Gasteiger partial charge on any atom is 0.343 e. The molecule has 0 aliphatic rings. The summed E-state index contributed by atoms with van der Waals surface area (Å²) in [6.45, 7) is 3.04. The maximum absolute atomic E-state index is 12.0. The number of hydrogen-bond donors (Lipinski definition) is 3. The standard InChI is InChI=1S/C10H17NO6P2/c1-8(2)17-19(15,16)10(18(12,13)14)6-9-4-3-5-11-7-9/h3-5,7-8,10H,6H2,1-2H3,(H,15,16)(H2,12,13,14). The van der Waals surface area contributed by atoms with Gasteiger partial charge in [0.05, 0.1) is 6.10 Å². The van der Waals surface area contributed by atoms with Gasteiger partial charge in [-0.25, -0.2) is 0 Å². The van der Waals surface area contributed by atoms with Gasteiger partial charge in [-0.2, -0.15) is 0 Å². The van der Waals surface area contributed by atoms with Gasteiger partial charge in [-0.1, -0.05) is 6.07 Å². The highest BCUT2D eigenvalue weighted by Gasteiger charge is 2.45. The van der Waals surface area contributed by atoms with E-state index in [1.165, 1.54) is 26.2 Å². The number of pyridine rings is 1. The Hall–Kier alpha value is -0.550. The van der Waals surface area contributed by atoms with Crippen LogP contribution in [0.1, 0.15) is 19.4 Å². The minimum atomic E-state index is -4.78. The third-order valence-corrected chi connectivity index (χ3v) is 6.66. The first-order valence-electron chi connectivity index (χ1n) is 5.58. The molecular formula is C10H17NO6P2. The Morgan fingerprint density at radius 2 is 1.95 bits per heavy atom. The Bertz CT molecular complexity index is 500. The summed E-state index contributed by atoms with van der Waals surface area (Å²) in [4.78, 5) is 32.1. The molecule has 0 amide bonds. The van der Waals surface area contributed by atoms with Gasteiger partial charge in [0.1, 0.15) is 0 Å². The van der Waals surface area contributed by atoms with Gasteiger partial charge in [0.15, 0.2) is 5.40 Å². The van der Waals surface area contributed by atoms with Gasteiger partial charge in [-0.3, -0.25) is 14.1 Å². The van der Waals surface area contributed by atoms with Crippen LogP contribution in [0.4, 0.5) is 0 Å². The van der Waals surface area contributed by atoms with E-state index in [-0.39, 0.29) is 6.42 Å². The summed E-state index contributed by atoms with van der Waals surface area (Å²) in [5.74, 6) is 0. The highest BCUT2D eigenvalue weighted by molar-refractivity contribution is 7.71. The van der Waals surface area contributed by atoms with Crippen LogP contribution in [-0.4, -0.2) is 31.2 Å². The molecule has 0 radical (unpaired) electrons. The molecule has 0 spiro atoms. The topological polar surface area (TPSA) is 117 Å². The molecule has 0 bridgehead atoms. The lowest BCUT2D eigenvalue weighted by molar-refractivity contribution is 0.200. The van der Waals surface area contributed by atoms with Crippen LogP contribution in [0.15, 0.2) is 24.5 Å². The molecule has 1 aromatic heterocycles. The fourth-order valence-corrected chi connectivity index (χ4v) is 4.85. The molecule has 2 atom stereocenters. The molecule has 1 rings (SSSR count). The van der Waals surface area contributed by atoms with E-state index in [2.05, 4.69) is 4.98 Å². The van der Waals surface area contributed by atoms with Crippen molar-refractivity contribution in [1.82, 2.24) is 4.98 Å². The molecule has 0 saturated carbocycles. The highest BCUT2D eigenvalue weighted by atomic mass is 31.2. The third-order valence-electron chi connectivity index (χ3n) is 2.27. The molecule has 7 nitrogen and oxygen atoms in total. The molecule has 9 heteroatoms. The maximum atomic E-state index is 12.0. The normalized spacial score (nSPS) is 17.2. The third kappa shape index (κ3) is 5.15. The minimum Gasteiger partial charge on any atom is -0.324 e. The van der Waals surface area contributed by atoms with Crippen LogP contribution in [0.2, 0.25) is 0 Å². The Kier molecular flexibility index (Phi) is 5.44. The van der Waals surface area contributed by atoms with E-state index in [1.807, 2.05) is 0 Å². The summed E-state index contributed by atoms with van der Waals surface area (Å²) in [6, 6.07) is 3.16. The molecule has 0 fully saturated rings. The van der Waals surface area contributed by atoms with E-state index in [0.29, 0.717) is 5.56 Å². The fraction of sp³-hybridized carbons (Fsp3) is 0.500. The first-order valence-corrected chi connectivity index (χ1v) is 8.90. The zero-order chi connectivity index (χ0) is 14.7. The predicted octanol–water partition coefficient (Wildman–Crippen LogP) is 1.74. The fourth-order valence-electron chi connectivity index (χ4n) is 1.53. The van der Waals surface area contributed by atoms with Crippen LogP contribution in [0.25, 0.3) is 0 Å². The molecule has 1 heterocycles. The lowest BCUT2D eigenvalue weighted by Crippen LogP contribution is -2.17. The van der Waals surface area contributed by atoms with E-state index in [0.717, 1.165) is 0 Å². The second-order valence-corrected chi connectivity index (χ2v) is 8.52. The average Bonchev–Trinajstić information content (AvgIpc) is 2.23. The van der Waals surface area contributed by atoms with Crippen molar-refractivity contribution in [1.29, 1.82) is 0 Å². The van der Waals surface area contributed by atoms with Gasteiger partial charge >= 0.3 is 15.2 Å². The van der Waals surface area contributed by atoms with Crippen molar-refractivity contribution >= 4 is 15.2 Å². The zero-order valence-electron chi connectivity index (χ0n) is 10.6. The highest BCUT2D eigenvalue weighted by Crippen LogP contribution is 2.64. The SMILES string of the molecule is CC(C)OP(=O)(O)C(Cc1cccnc1)P(=O)(O)O. The van der Waals surface area contributed by atoms with Crippen molar-refractivity contribution in [3.05, 3.63) is 30.1 Å². The smallest absolute Gasteiger partial charge is 0.324 e. The van der Waals surface area contributed by atoms with Crippen molar-refractivity contribution in [3.8, 4) is 0 Å². The molecular weight excluding hydrogens is 292 g/mol. The Morgan fingerprint density at radius 3 is 2.37 bits per heavy atom. The molecule has 3 N–H and O–H groups in total. The van der Waals surface area contributed by atoms with Crippen LogP contribution in [-0.2, 0) is 20.1 Å². The summed E-state index contributed by atoms with van der Waals surface area (Å²) < 4.78 is 28.2. The number of hydrogen-bond acceptors (Lipinski definition) is 4. The van der Waals surface area contributed by atoms with Crippen molar-refractivity contribution in [3.63, 3.8) is 0 Å². The molecule has 0 aliphatic carbocycles. The van der Waals surface area contributed by atoms with E-state index in [9.17, 15) is 23.8 Å². The van der Waals surface area contributed by atoms with E-state index in [4.69, 9.17) is 4.52 Å². The van der Waals surface area contributed by atoms with Crippen LogP contribution in [0.5, 0.6) is 0 Å². The van der Waals surface area contributed by atoms with Crippen molar-refractivity contribution in [2.24, 2.45) is 0 Å². The second kappa shape index (κ2) is 6.27. The summed E-state index contributed by atoms with van der Waals surface area (Å²) in [6.07, 6.45) is 1.99. The summed E-state index contributed by atoms with van der Waals surface area (Å²) in [5, 5.41) is -1.79. The largest absolute Gasteiger partial charge is 0.343 e. The molecule has 108 valence electrons. The van der Waals surface area contributed by atoms with Gasteiger partial charge < -0.3 is 19.2 Å². The predicted molar refractivity (Wildman–Crippen MR) is 69.8 cm³/mol. The number of aromatic nitrogens is 1. The van der Waals surface area contributed by atoms with Gasteiger partial charge in [-0.15, -0.1) is 0 Å². The van der Waals surface area contributed by atoms with E-state index in [1.54, 1.807) is 12.1 Å². The van der Waals surface area contributed by atoms with Crippen LogP contribution >= 0.6 is 15.2 Å². The van der Waals surface area contributed by atoms with Gasteiger partial charge in [0.25, 0.3) is 0 Å². The van der Waals surface area contributed by atoms with Gasteiger partial charge in [0.2, 0.25) is 0 Å². The van der Waals surface area contributed by atoms with Crippen molar-refractivity contribution in [2.75, 3.05) is 0 Å². The minimum absolute atomic E-state index is 0.279. The van der Waals surface area contributed by atoms with E-state index < -0.39 is 26.7 Å². The molecule has 2 unspecified atom stereocenters. The molecule has 19 heavy (non-hydrogen) atoms. The quantitative estimate of drug-likeness (QED) is 0.685. The monoisotopic (exact) mass is 309 g/mol. The number of rotatable bonds is 6. The molecule has 0 saturated heterocycles. The Morgan fingerprint density at radius 1 is 1.32 bits per heavy atom. The molecule has 0 aromatic carbocycles. The Balaban J connectivity index is 3.03. The van der Waals surface area contributed by atoms with Gasteiger partial charge in [0, 0.05) is 12.4 Å². The summed E-state index contributed by atoms with van der Waals surface area (Å²) in [5.41, 5.74) is 0.456. The van der Waals surface area contributed by atoms with Gasteiger partial charge in [-0.05, 0) is 31.9 Å². The summed E-state index contributed by atoms with van der Waals surface area (Å²) in [7, 11) is -9.22. The first-order chi connectivity index (χ1) is 8.63. The zero-order valence-corrected chi connectivity index (χ0v) is 12.4. The van der Waals surface area contributed by atoms with Crippen LogP contribution in [0, 0.1) is 0 Å². The number of nitrogens with zero attached hydrogens (tertiary/aromatic N) is 1. The molecule has 1 aromatic rings. The van der Waals surface area contributed by atoms with Crippen LogP contribution in [0.3, 0.4) is 0 Å². The summed E-state index contributed by atoms with van der Waals surface area (Å²) >= 11 is 0. The van der Waals surface area contributed by atoms with E-state index >= 15 is 0 Å². The lowest BCUT2D eigenvalue weighted by atomic mass is 10.2. The van der Waals surface area contributed by atoms with Crippen molar-refractivity contribution < 1.29 is 28.3 Å². The van der Waals surface area contributed by atoms with Crippen LogP contribution < -0.4 is 0 Å².